The van der Waals surface area contributed by atoms with Crippen LogP contribution in [0.3, 0.4) is 0 Å². The lowest BCUT2D eigenvalue weighted by molar-refractivity contribution is 0.115. The van der Waals surface area contributed by atoms with Crippen molar-refractivity contribution in [2.75, 3.05) is 0 Å². The third-order valence-corrected chi connectivity index (χ3v) is 7.33. The van der Waals surface area contributed by atoms with Crippen LogP contribution in [0.25, 0.3) is 0 Å². The third kappa shape index (κ3) is 5.82. The highest BCUT2D eigenvalue weighted by atomic mass is 14.4. The molecule has 0 radical (unpaired) electrons. The van der Waals surface area contributed by atoms with Crippen molar-refractivity contribution in [3.63, 3.8) is 0 Å². The smallest absolute Gasteiger partial charge is 0.0312 e. The molecule has 0 aliphatic heterocycles. The molecule has 0 atom stereocenters. The molecule has 2 rings (SSSR count). The van der Waals surface area contributed by atoms with Crippen LogP contribution in [0.15, 0.2) is 0 Å². The predicted octanol–water partition coefficient (Wildman–Crippen LogP) is 7.76. The minimum atomic E-state index is 0.267. The Morgan fingerprint density at radius 2 is 1.38 bits per heavy atom. The summed E-state index contributed by atoms with van der Waals surface area (Å²) in [6.45, 7) is 4.61. The van der Waals surface area contributed by atoms with Crippen LogP contribution in [0.4, 0.5) is 0 Å². The van der Waals surface area contributed by atoms with Crippen molar-refractivity contribution in [3.8, 4) is 12.3 Å². The van der Waals surface area contributed by atoms with Crippen molar-refractivity contribution in [3.05, 3.63) is 0 Å². The maximum absolute atomic E-state index is 5.97. The van der Waals surface area contributed by atoms with Gasteiger partial charge in [-0.1, -0.05) is 77.6 Å². The number of unbranched alkanes of at least 4 members (excludes halogenated alkanes) is 4. The molecule has 2 saturated carbocycles. The van der Waals surface area contributed by atoms with Crippen molar-refractivity contribution in [1.82, 2.24) is 0 Å². The van der Waals surface area contributed by atoms with E-state index in [2.05, 4.69) is 19.8 Å². The molecule has 0 heteroatoms. The van der Waals surface area contributed by atoms with Crippen LogP contribution < -0.4 is 0 Å². The Morgan fingerprint density at radius 1 is 0.792 bits per heavy atom. The predicted molar refractivity (Wildman–Crippen MR) is 107 cm³/mol. The summed E-state index contributed by atoms with van der Waals surface area (Å²) in [4.78, 5) is 0. The minimum absolute atomic E-state index is 0.267. The van der Waals surface area contributed by atoms with Gasteiger partial charge in [-0.2, -0.15) is 0 Å². The van der Waals surface area contributed by atoms with Crippen LogP contribution in [0.5, 0.6) is 0 Å². The lowest BCUT2D eigenvalue weighted by atomic mass is 9.63. The fourth-order valence-electron chi connectivity index (χ4n) is 5.48. The minimum Gasteiger partial charge on any atom is -0.120 e. The van der Waals surface area contributed by atoms with Crippen molar-refractivity contribution in [2.45, 2.75) is 117 Å². The monoisotopic (exact) mass is 330 g/mol. The first-order valence-corrected chi connectivity index (χ1v) is 11.2. The lowest BCUT2D eigenvalue weighted by Crippen LogP contribution is -2.31. The highest BCUT2D eigenvalue weighted by molar-refractivity contribution is 5.07. The standard InChI is InChI=1S/C24H42/c1-4-7-9-11-21-12-14-22(15-13-21)23-16-19-24(6-3,20-17-23)18-10-8-5-2/h3,21-23H,4-5,7-20H2,1-2H3. The zero-order chi connectivity index (χ0) is 17.3. The van der Waals surface area contributed by atoms with E-state index in [0.717, 1.165) is 17.8 Å². The molecule has 0 amide bonds. The van der Waals surface area contributed by atoms with E-state index < -0.39 is 0 Å². The Morgan fingerprint density at radius 3 is 1.96 bits per heavy atom. The fourth-order valence-corrected chi connectivity index (χ4v) is 5.48. The Labute approximate surface area is 152 Å². The molecule has 0 saturated heterocycles. The van der Waals surface area contributed by atoms with Gasteiger partial charge in [-0.15, -0.1) is 6.42 Å². The summed E-state index contributed by atoms with van der Waals surface area (Å²) in [5.41, 5.74) is 0.267. The molecule has 2 fully saturated rings. The maximum Gasteiger partial charge on any atom is 0.0312 e. The van der Waals surface area contributed by atoms with Gasteiger partial charge in [-0.05, 0) is 62.7 Å². The second-order valence-corrected chi connectivity index (χ2v) is 9.00. The number of hydrogen-bond donors (Lipinski definition) is 0. The zero-order valence-corrected chi connectivity index (χ0v) is 16.6. The van der Waals surface area contributed by atoms with Crippen LogP contribution in [0.2, 0.25) is 0 Å². The second-order valence-electron chi connectivity index (χ2n) is 9.00. The van der Waals surface area contributed by atoms with E-state index in [1.54, 1.807) is 0 Å². The van der Waals surface area contributed by atoms with Gasteiger partial charge >= 0.3 is 0 Å². The van der Waals surface area contributed by atoms with E-state index in [1.807, 2.05) is 0 Å². The summed E-state index contributed by atoms with van der Waals surface area (Å²) < 4.78 is 0. The van der Waals surface area contributed by atoms with Crippen molar-refractivity contribution in [2.24, 2.45) is 23.2 Å². The molecule has 0 N–H and O–H groups in total. The Bertz CT molecular complexity index is 358. The zero-order valence-electron chi connectivity index (χ0n) is 16.6. The number of rotatable bonds is 9. The van der Waals surface area contributed by atoms with E-state index >= 15 is 0 Å². The van der Waals surface area contributed by atoms with Crippen molar-refractivity contribution >= 4 is 0 Å². The van der Waals surface area contributed by atoms with Gasteiger partial charge in [0.05, 0.1) is 0 Å². The number of hydrogen-bond acceptors (Lipinski definition) is 0. The SMILES string of the molecule is C#CC1(CCCCC)CCC(C2CCC(CCCCC)CC2)CC1. The summed E-state index contributed by atoms with van der Waals surface area (Å²) in [6.07, 6.45) is 28.6. The number of terminal acetylenes is 1. The lowest BCUT2D eigenvalue weighted by Gasteiger charge is -2.41. The highest BCUT2D eigenvalue weighted by Crippen LogP contribution is 2.47. The molecular weight excluding hydrogens is 288 g/mol. The van der Waals surface area contributed by atoms with Gasteiger partial charge in [0.25, 0.3) is 0 Å². The largest absolute Gasteiger partial charge is 0.120 e. The molecule has 0 aromatic rings. The molecule has 2 aliphatic carbocycles. The molecule has 0 unspecified atom stereocenters. The van der Waals surface area contributed by atoms with Crippen LogP contribution in [0.1, 0.15) is 117 Å². The van der Waals surface area contributed by atoms with Gasteiger partial charge in [0.1, 0.15) is 0 Å². The quantitative estimate of drug-likeness (QED) is 0.299. The topological polar surface area (TPSA) is 0 Å². The average Bonchev–Trinajstić information content (AvgIpc) is 2.63. The first-order chi connectivity index (χ1) is 11.7. The summed E-state index contributed by atoms with van der Waals surface area (Å²) in [5, 5.41) is 0. The molecule has 0 heterocycles. The average molecular weight is 331 g/mol. The molecule has 0 spiro atoms. The van der Waals surface area contributed by atoms with E-state index in [1.165, 1.54) is 103 Å². The normalized spacial score (nSPS) is 34.0. The Hall–Kier alpha value is -0.440. The Kier molecular flexibility index (Phi) is 8.72. The second kappa shape index (κ2) is 10.5. The first kappa shape index (κ1) is 19.9. The van der Waals surface area contributed by atoms with Crippen LogP contribution in [-0.2, 0) is 0 Å². The summed E-state index contributed by atoms with van der Waals surface area (Å²) in [7, 11) is 0. The van der Waals surface area contributed by atoms with Crippen molar-refractivity contribution < 1.29 is 0 Å². The summed E-state index contributed by atoms with van der Waals surface area (Å²) >= 11 is 0. The van der Waals surface area contributed by atoms with E-state index in [9.17, 15) is 0 Å². The van der Waals surface area contributed by atoms with Gasteiger partial charge in [0.15, 0.2) is 0 Å². The van der Waals surface area contributed by atoms with Gasteiger partial charge in [0.2, 0.25) is 0 Å². The van der Waals surface area contributed by atoms with Crippen LogP contribution >= 0.6 is 0 Å². The molecule has 24 heavy (non-hydrogen) atoms. The fraction of sp³-hybridized carbons (Fsp3) is 0.917. The molecule has 0 aromatic heterocycles. The maximum atomic E-state index is 5.97. The van der Waals surface area contributed by atoms with Crippen LogP contribution in [-0.4, -0.2) is 0 Å². The highest BCUT2D eigenvalue weighted by Gasteiger charge is 2.36. The molecule has 0 aromatic carbocycles. The first-order valence-electron chi connectivity index (χ1n) is 11.2. The summed E-state index contributed by atoms with van der Waals surface area (Å²) in [5.74, 6) is 6.31. The third-order valence-electron chi connectivity index (χ3n) is 7.33. The van der Waals surface area contributed by atoms with E-state index in [-0.39, 0.29) is 5.41 Å². The molecule has 0 bridgehead atoms. The summed E-state index contributed by atoms with van der Waals surface area (Å²) in [6, 6.07) is 0. The molecule has 2 aliphatic rings. The van der Waals surface area contributed by atoms with Gasteiger partial charge < -0.3 is 0 Å². The van der Waals surface area contributed by atoms with Gasteiger partial charge in [-0.3, -0.25) is 0 Å². The van der Waals surface area contributed by atoms with E-state index in [4.69, 9.17) is 6.42 Å². The molecule has 0 nitrogen and oxygen atoms in total. The molecular formula is C24H42. The van der Waals surface area contributed by atoms with Gasteiger partial charge in [0, 0.05) is 5.41 Å². The Balaban J connectivity index is 1.70. The van der Waals surface area contributed by atoms with E-state index in [0.29, 0.717) is 0 Å². The van der Waals surface area contributed by atoms with Gasteiger partial charge in [-0.25, -0.2) is 0 Å². The molecule has 138 valence electrons. The van der Waals surface area contributed by atoms with Crippen molar-refractivity contribution in [1.29, 1.82) is 0 Å². The van der Waals surface area contributed by atoms with Crippen LogP contribution in [0, 0.1) is 35.5 Å².